The SMILES string of the molecule is Cc1cc(N)c2[nH]ncc2c1-c1c(Cl)cc2c(N3CCCCC3)nc(OCCCN(C)C)nc2c1F. The molecule has 3 heterocycles. The number of ether oxygens (including phenoxy) is 1. The van der Waals surface area contributed by atoms with E-state index in [0.29, 0.717) is 40.0 Å². The second kappa shape index (κ2) is 10.1. The first-order chi connectivity index (χ1) is 17.3. The molecule has 3 N–H and O–H groups in total. The van der Waals surface area contributed by atoms with Crippen LogP contribution in [0.4, 0.5) is 15.9 Å². The molecule has 10 heteroatoms. The van der Waals surface area contributed by atoms with Crippen molar-refractivity contribution >= 4 is 44.9 Å². The number of rotatable bonds is 7. The molecule has 1 saturated heterocycles. The number of nitrogen functional groups attached to an aromatic ring is 1. The highest BCUT2D eigenvalue weighted by Gasteiger charge is 2.25. The Bertz CT molecular complexity index is 1420. The third kappa shape index (κ3) is 4.53. The van der Waals surface area contributed by atoms with Gasteiger partial charge in [0.25, 0.3) is 0 Å². The number of nitrogens with zero attached hydrogens (tertiary/aromatic N) is 5. The van der Waals surface area contributed by atoms with Gasteiger partial charge in [0.2, 0.25) is 0 Å². The van der Waals surface area contributed by atoms with Gasteiger partial charge in [-0.1, -0.05) is 11.6 Å². The smallest absolute Gasteiger partial charge is 0.319 e. The molecule has 0 radical (unpaired) electrons. The van der Waals surface area contributed by atoms with Crippen LogP contribution in [0.1, 0.15) is 31.2 Å². The van der Waals surface area contributed by atoms with Gasteiger partial charge in [0.05, 0.1) is 29.0 Å². The lowest BCUT2D eigenvalue weighted by Crippen LogP contribution is -2.30. The van der Waals surface area contributed by atoms with Crippen LogP contribution >= 0.6 is 11.6 Å². The molecule has 0 unspecified atom stereocenters. The number of aromatic nitrogens is 4. The Morgan fingerprint density at radius 1 is 1.14 bits per heavy atom. The third-order valence-corrected chi connectivity index (χ3v) is 6.99. The normalized spacial score (nSPS) is 14.3. The van der Waals surface area contributed by atoms with E-state index in [-0.39, 0.29) is 22.1 Å². The van der Waals surface area contributed by atoms with E-state index in [0.717, 1.165) is 44.5 Å². The maximum absolute atomic E-state index is 16.4. The summed E-state index contributed by atoms with van der Waals surface area (Å²) in [5.74, 6) is 0.156. The first-order valence-electron chi connectivity index (χ1n) is 12.3. The van der Waals surface area contributed by atoms with Crippen LogP contribution in [0.3, 0.4) is 0 Å². The molecule has 8 nitrogen and oxygen atoms in total. The van der Waals surface area contributed by atoms with Gasteiger partial charge in [0.15, 0.2) is 5.82 Å². The topological polar surface area (TPSA) is 96.2 Å². The van der Waals surface area contributed by atoms with Gasteiger partial charge in [-0.15, -0.1) is 0 Å². The van der Waals surface area contributed by atoms with Gasteiger partial charge in [-0.25, -0.2) is 4.39 Å². The fourth-order valence-corrected chi connectivity index (χ4v) is 5.25. The van der Waals surface area contributed by atoms with E-state index in [1.54, 1.807) is 18.3 Å². The number of fused-ring (bicyclic) bond motifs is 2. The highest BCUT2D eigenvalue weighted by molar-refractivity contribution is 6.35. The number of nitrogens with one attached hydrogen (secondary N) is 1. The van der Waals surface area contributed by atoms with Crippen LogP contribution in [0.5, 0.6) is 6.01 Å². The largest absolute Gasteiger partial charge is 0.463 e. The molecule has 0 spiro atoms. The van der Waals surface area contributed by atoms with Crippen LogP contribution in [-0.2, 0) is 0 Å². The Balaban J connectivity index is 1.68. The molecule has 5 rings (SSSR count). The molecule has 0 bridgehead atoms. The van der Waals surface area contributed by atoms with Gasteiger partial charge < -0.3 is 20.3 Å². The number of nitrogens with two attached hydrogens (primary N) is 1. The van der Waals surface area contributed by atoms with Gasteiger partial charge in [0.1, 0.15) is 11.3 Å². The molecule has 1 fully saturated rings. The summed E-state index contributed by atoms with van der Waals surface area (Å²) in [6, 6.07) is 3.75. The molecule has 0 amide bonds. The second-order valence-electron chi connectivity index (χ2n) is 9.64. The predicted molar refractivity (Wildman–Crippen MR) is 143 cm³/mol. The molecule has 2 aromatic carbocycles. The highest BCUT2D eigenvalue weighted by Crippen LogP contribution is 2.43. The van der Waals surface area contributed by atoms with Gasteiger partial charge >= 0.3 is 6.01 Å². The summed E-state index contributed by atoms with van der Waals surface area (Å²) in [5.41, 5.74) is 9.27. The number of benzene rings is 2. The Morgan fingerprint density at radius 3 is 2.67 bits per heavy atom. The van der Waals surface area contributed by atoms with Crippen molar-refractivity contribution in [2.75, 3.05) is 51.0 Å². The van der Waals surface area contributed by atoms with Crippen LogP contribution in [0.2, 0.25) is 5.02 Å². The summed E-state index contributed by atoms with van der Waals surface area (Å²) in [6.45, 7) is 4.89. The van der Waals surface area contributed by atoms with Crippen molar-refractivity contribution in [1.29, 1.82) is 0 Å². The average molecular weight is 512 g/mol. The number of anilines is 2. The molecule has 0 aliphatic carbocycles. The van der Waals surface area contributed by atoms with Crippen molar-refractivity contribution < 1.29 is 9.13 Å². The summed E-state index contributed by atoms with van der Waals surface area (Å²) in [5, 5.41) is 8.61. The molecule has 1 aliphatic rings. The number of halogens is 2. The molecule has 0 saturated carbocycles. The first-order valence-corrected chi connectivity index (χ1v) is 12.7. The van der Waals surface area contributed by atoms with E-state index in [4.69, 9.17) is 27.1 Å². The summed E-state index contributed by atoms with van der Waals surface area (Å²) >= 11 is 6.79. The summed E-state index contributed by atoms with van der Waals surface area (Å²) < 4.78 is 22.4. The van der Waals surface area contributed by atoms with Crippen molar-refractivity contribution in [2.24, 2.45) is 0 Å². The molecule has 190 valence electrons. The van der Waals surface area contributed by atoms with E-state index >= 15 is 4.39 Å². The summed E-state index contributed by atoms with van der Waals surface area (Å²) in [7, 11) is 4.02. The van der Waals surface area contributed by atoms with Crippen molar-refractivity contribution in [2.45, 2.75) is 32.6 Å². The zero-order valence-electron chi connectivity index (χ0n) is 20.9. The van der Waals surface area contributed by atoms with Crippen molar-refractivity contribution in [3.63, 3.8) is 0 Å². The Kier molecular flexibility index (Phi) is 6.85. The zero-order chi connectivity index (χ0) is 25.4. The van der Waals surface area contributed by atoms with Crippen LogP contribution < -0.4 is 15.4 Å². The molecule has 0 atom stereocenters. The Hall–Kier alpha value is -3.17. The minimum absolute atomic E-state index is 0.177. The number of aryl methyl sites for hydroxylation is 1. The van der Waals surface area contributed by atoms with E-state index in [1.807, 2.05) is 21.0 Å². The van der Waals surface area contributed by atoms with Crippen LogP contribution in [0, 0.1) is 12.7 Å². The minimum Gasteiger partial charge on any atom is -0.463 e. The molecule has 36 heavy (non-hydrogen) atoms. The van der Waals surface area contributed by atoms with Gasteiger partial charge in [-0.3, -0.25) is 5.10 Å². The van der Waals surface area contributed by atoms with Crippen molar-refractivity contribution in [3.05, 3.63) is 34.7 Å². The molecule has 4 aromatic rings. The van der Waals surface area contributed by atoms with E-state index in [1.165, 1.54) is 6.42 Å². The van der Waals surface area contributed by atoms with E-state index in [9.17, 15) is 0 Å². The van der Waals surface area contributed by atoms with Gasteiger partial charge in [0, 0.05) is 41.5 Å². The van der Waals surface area contributed by atoms with E-state index in [2.05, 4.69) is 25.0 Å². The Morgan fingerprint density at radius 2 is 1.92 bits per heavy atom. The van der Waals surface area contributed by atoms with Crippen molar-refractivity contribution in [3.8, 4) is 17.1 Å². The third-order valence-electron chi connectivity index (χ3n) is 6.69. The second-order valence-corrected chi connectivity index (χ2v) is 10.0. The number of hydrogen-bond acceptors (Lipinski definition) is 7. The zero-order valence-corrected chi connectivity index (χ0v) is 21.6. The molecular formula is C26H31ClFN7O. The van der Waals surface area contributed by atoms with E-state index < -0.39 is 5.82 Å². The fourth-order valence-electron chi connectivity index (χ4n) is 4.96. The van der Waals surface area contributed by atoms with Crippen molar-refractivity contribution in [1.82, 2.24) is 25.1 Å². The summed E-state index contributed by atoms with van der Waals surface area (Å²) in [4.78, 5) is 13.5. The minimum atomic E-state index is -0.508. The summed E-state index contributed by atoms with van der Waals surface area (Å²) in [6.07, 6.45) is 5.74. The number of piperidine rings is 1. The van der Waals surface area contributed by atoms with Crippen LogP contribution in [-0.4, -0.2) is 65.4 Å². The molecule has 1 aliphatic heterocycles. The standard InChI is InChI=1S/C26H31ClFN7O/c1-15-12-19(29)23-17(14-30-33-23)20(15)21-18(27)13-16-24(22(21)28)31-26(36-11-7-8-34(2)3)32-25(16)35-9-5-4-6-10-35/h12-14H,4-11,29H2,1-3H3,(H,30,33). The van der Waals surface area contributed by atoms with Gasteiger partial charge in [-0.05, 0) is 64.4 Å². The maximum atomic E-state index is 16.4. The van der Waals surface area contributed by atoms with Gasteiger partial charge in [-0.2, -0.15) is 15.1 Å². The highest BCUT2D eigenvalue weighted by atomic mass is 35.5. The number of H-pyrrole nitrogens is 1. The lowest BCUT2D eigenvalue weighted by molar-refractivity contribution is 0.264. The molecule has 2 aromatic heterocycles. The fraction of sp³-hybridized carbons (Fsp3) is 0.423. The van der Waals surface area contributed by atoms with Crippen LogP contribution in [0.25, 0.3) is 32.9 Å². The van der Waals surface area contributed by atoms with Crippen LogP contribution in [0.15, 0.2) is 18.3 Å². The Labute approximate surface area is 214 Å². The molecular weight excluding hydrogens is 481 g/mol. The predicted octanol–water partition coefficient (Wildman–Crippen LogP) is 5.18. The first kappa shape index (κ1) is 24.5. The monoisotopic (exact) mass is 511 g/mol. The number of hydrogen-bond donors (Lipinski definition) is 2. The quantitative estimate of drug-likeness (QED) is 0.261. The lowest BCUT2D eigenvalue weighted by atomic mass is 9.94. The number of aromatic amines is 1. The lowest BCUT2D eigenvalue weighted by Gasteiger charge is -2.29. The maximum Gasteiger partial charge on any atom is 0.319 e. The average Bonchev–Trinajstić information content (AvgIpc) is 3.34.